The minimum absolute atomic E-state index is 0.0934. The minimum atomic E-state index is -0.300. The molecule has 1 rings (SSSR count). The number of rotatable bonds is 9. The molecule has 0 saturated carbocycles. The minimum Gasteiger partial charge on any atom is -0.493 e. The fourth-order valence-corrected chi connectivity index (χ4v) is 2.09. The van der Waals surface area contributed by atoms with E-state index < -0.39 is 0 Å². The molecule has 4 heteroatoms. The number of ether oxygens (including phenoxy) is 2. The maximum Gasteiger partial charge on any atom is 0.161 e. The fraction of sp³-hybridized carbons (Fsp3) is 0.625. The molecule has 1 aromatic carbocycles. The normalized spacial score (nSPS) is 13.8. The molecule has 20 heavy (non-hydrogen) atoms. The van der Waals surface area contributed by atoms with Crippen molar-refractivity contribution < 1.29 is 14.6 Å². The predicted octanol–water partition coefficient (Wildman–Crippen LogP) is 2.39. The fourth-order valence-electron chi connectivity index (χ4n) is 2.09. The highest BCUT2D eigenvalue weighted by Gasteiger charge is 2.21. The van der Waals surface area contributed by atoms with Crippen molar-refractivity contribution >= 4 is 0 Å². The number of hydrogen-bond donors (Lipinski definition) is 2. The Labute approximate surface area is 122 Å². The molecule has 0 aromatic heterocycles. The predicted molar refractivity (Wildman–Crippen MR) is 81.7 cm³/mol. The highest BCUT2D eigenvalue weighted by Crippen LogP contribution is 2.28. The highest BCUT2D eigenvalue weighted by molar-refractivity contribution is 5.42. The number of aliphatic hydroxyl groups excluding tert-OH is 1. The van der Waals surface area contributed by atoms with E-state index in [0.717, 1.165) is 30.9 Å². The number of methoxy groups -OCH3 is 1. The molecular weight excluding hydrogens is 254 g/mol. The standard InChI is InChI=1S/C16H27NO3/c1-5-13-7-8-14(15(11-13)19-4)20-10-9-16(3,12-18)17-6-2/h7-8,11,17-18H,5-6,9-10,12H2,1-4H3. The van der Waals surface area contributed by atoms with Crippen LogP contribution in [0.3, 0.4) is 0 Å². The van der Waals surface area contributed by atoms with E-state index in [-0.39, 0.29) is 12.1 Å². The van der Waals surface area contributed by atoms with Gasteiger partial charge in [0.25, 0.3) is 0 Å². The molecule has 0 aliphatic carbocycles. The number of nitrogens with one attached hydrogen (secondary N) is 1. The zero-order valence-electron chi connectivity index (χ0n) is 13.0. The van der Waals surface area contributed by atoms with Gasteiger partial charge in [0.05, 0.1) is 20.3 Å². The van der Waals surface area contributed by atoms with Crippen molar-refractivity contribution in [1.29, 1.82) is 0 Å². The van der Waals surface area contributed by atoms with Gasteiger partial charge in [0.2, 0.25) is 0 Å². The Morgan fingerprint density at radius 2 is 2.00 bits per heavy atom. The van der Waals surface area contributed by atoms with Crippen molar-refractivity contribution in [2.24, 2.45) is 0 Å². The van der Waals surface area contributed by atoms with E-state index in [1.165, 1.54) is 5.56 Å². The quantitative estimate of drug-likeness (QED) is 0.730. The van der Waals surface area contributed by atoms with Crippen molar-refractivity contribution in [2.45, 2.75) is 39.2 Å². The number of aliphatic hydroxyl groups is 1. The molecule has 0 aliphatic heterocycles. The number of benzene rings is 1. The first-order chi connectivity index (χ1) is 9.58. The van der Waals surface area contributed by atoms with Crippen molar-refractivity contribution in [3.63, 3.8) is 0 Å². The largest absolute Gasteiger partial charge is 0.493 e. The molecule has 0 aliphatic rings. The summed E-state index contributed by atoms with van der Waals surface area (Å²) in [6.45, 7) is 7.59. The van der Waals surface area contributed by atoms with Gasteiger partial charge in [0, 0.05) is 12.0 Å². The first kappa shape index (κ1) is 16.8. The van der Waals surface area contributed by atoms with Crippen molar-refractivity contribution in [2.75, 3.05) is 26.9 Å². The summed E-state index contributed by atoms with van der Waals surface area (Å²) in [6.07, 6.45) is 1.70. The van der Waals surface area contributed by atoms with Crippen molar-refractivity contribution in [1.82, 2.24) is 5.32 Å². The van der Waals surface area contributed by atoms with Gasteiger partial charge in [0.1, 0.15) is 0 Å². The average molecular weight is 281 g/mol. The molecule has 2 N–H and O–H groups in total. The molecule has 0 bridgehead atoms. The Kier molecular flexibility index (Phi) is 6.82. The summed E-state index contributed by atoms with van der Waals surface area (Å²) < 4.78 is 11.1. The van der Waals surface area contributed by atoms with Gasteiger partial charge in [-0.1, -0.05) is 19.9 Å². The van der Waals surface area contributed by atoms with Gasteiger partial charge < -0.3 is 19.9 Å². The van der Waals surface area contributed by atoms with Gasteiger partial charge in [0.15, 0.2) is 11.5 Å². The molecule has 0 fully saturated rings. The van der Waals surface area contributed by atoms with Crippen LogP contribution >= 0.6 is 0 Å². The summed E-state index contributed by atoms with van der Waals surface area (Å²) in [5, 5.41) is 12.7. The summed E-state index contributed by atoms with van der Waals surface area (Å²) in [4.78, 5) is 0. The van der Waals surface area contributed by atoms with E-state index in [2.05, 4.69) is 12.2 Å². The van der Waals surface area contributed by atoms with Crippen LogP contribution in [0.2, 0.25) is 0 Å². The molecule has 0 heterocycles. The monoisotopic (exact) mass is 281 g/mol. The number of likely N-dealkylation sites (N-methyl/N-ethyl adjacent to an activating group) is 1. The molecule has 1 aromatic rings. The molecular formula is C16H27NO3. The van der Waals surface area contributed by atoms with Crippen LogP contribution in [0.15, 0.2) is 18.2 Å². The van der Waals surface area contributed by atoms with Crippen LogP contribution in [-0.2, 0) is 6.42 Å². The van der Waals surface area contributed by atoms with Gasteiger partial charge in [-0.05, 0) is 37.6 Å². The lowest BCUT2D eigenvalue weighted by molar-refractivity contribution is 0.144. The smallest absolute Gasteiger partial charge is 0.161 e. The van der Waals surface area contributed by atoms with E-state index in [1.54, 1.807) is 7.11 Å². The Morgan fingerprint density at radius 1 is 1.25 bits per heavy atom. The van der Waals surface area contributed by atoms with Crippen LogP contribution < -0.4 is 14.8 Å². The van der Waals surface area contributed by atoms with Gasteiger partial charge in [-0.15, -0.1) is 0 Å². The molecule has 1 unspecified atom stereocenters. The first-order valence-electron chi connectivity index (χ1n) is 7.24. The lowest BCUT2D eigenvalue weighted by atomic mass is 10.00. The van der Waals surface area contributed by atoms with Crippen LogP contribution in [0.1, 0.15) is 32.8 Å². The highest BCUT2D eigenvalue weighted by atomic mass is 16.5. The van der Waals surface area contributed by atoms with Crippen LogP contribution in [-0.4, -0.2) is 37.5 Å². The second-order valence-electron chi connectivity index (χ2n) is 5.19. The second kappa shape index (κ2) is 8.12. The van der Waals surface area contributed by atoms with E-state index in [9.17, 15) is 5.11 Å². The lowest BCUT2D eigenvalue weighted by Crippen LogP contribution is -2.46. The van der Waals surface area contributed by atoms with Crippen molar-refractivity contribution in [3.8, 4) is 11.5 Å². The zero-order chi connectivity index (χ0) is 15.0. The third-order valence-corrected chi connectivity index (χ3v) is 3.50. The maximum absolute atomic E-state index is 9.44. The zero-order valence-corrected chi connectivity index (χ0v) is 13.0. The third kappa shape index (κ3) is 4.69. The summed E-state index contributed by atoms with van der Waals surface area (Å²) >= 11 is 0. The first-order valence-corrected chi connectivity index (χ1v) is 7.24. The topological polar surface area (TPSA) is 50.7 Å². The molecule has 0 saturated heterocycles. The lowest BCUT2D eigenvalue weighted by Gasteiger charge is -2.28. The van der Waals surface area contributed by atoms with Crippen molar-refractivity contribution in [3.05, 3.63) is 23.8 Å². The van der Waals surface area contributed by atoms with Gasteiger partial charge in [-0.3, -0.25) is 0 Å². The number of aryl methyl sites for hydroxylation is 1. The number of hydrogen-bond acceptors (Lipinski definition) is 4. The Morgan fingerprint density at radius 3 is 2.55 bits per heavy atom. The molecule has 0 spiro atoms. The maximum atomic E-state index is 9.44. The molecule has 4 nitrogen and oxygen atoms in total. The average Bonchev–Trinajstić information content (AvgIpc) is 2.47. The van der Waals surface area contributed by atoms with Crippen LogP contribution in [0.25, 0.3) is 0 Å². The van der Waals surface area contributed by atoms with E-state index >= 15 is 0 Å². The summed E-state index contributed by atoms with van der Waals surface area (Å²) in [6, 6.07) is 6.00. The SMILES string of the molecule is CCNC(C)(CO)CCOc1ccc(CC)cc1OC. The van der Waals surface area contributed by atoms with Gasteiger partial charge in [-0.25, -0.2) is 0 Å². The Hall–Kier alpha value is -1.26. The molecule has 1 atom stereocenters. The van der Waals surface area contributed by atoms with Crippen LogP contribution in [0.4, 0.5) is 0 Å². The molecule has 0 amide bonds. The Bertz CT molecular complexity index is 409. The summed E-state index contributed by atoms with van der Waals surface area (Å²) in [5.41, 5.74) is 0.924. The van der Waals surface area contributed by atoms with E-state index in [4.69, 9.17) is 9.47 Å². The van der Waals surface area contributed by atoms with Crippen LogP contribution in [0.5, 0.6) is 11.5 Å². The van der Waals surface area contributed by atoms with Gasteiger partial charge in [-0.2, -0.15) is 0 Å². The third-order valence-electron chi connectivity index (χ3n) is 3.50. The van der Waals surface area contributed by atoms with E-state index in [0.29, 0.717) is 6.61 Å². The van der Waals surface area contributed by atoms with Gasteiger partial charge >= 0.3 is 0 Å². The van der Waals surface area contributed by atoms with E-state index in [1.807, 2.05) is 32.0 Å². The van der Waals surface area contributed by atoms with Crippen LogP contribution in [0, 0.1) is 0 Å². The Balaban J connectivity index is 2.61. The summed E-state index contributed by atoms with van der Waals surface area (Å²) in [5.74, 6) is 1.51. The summed E-state index contributed by atoms with van der Waals surface area (Å²) in [7, 11) is 1.65. The molecule has 0 radical (unpaired) electrons. The second-order valence-corrected chi connectivity index (χ2v) is 5.19. The molecule has 114 valence electrons.